The SMILES string of the molecule is COC(=O)/C(=C/c1ccc(Br)cc1)CC(C)=O. The van der Waals surface area contributed by atoms with Crippen LogP contribution in [-0.4, -0.2) is 18.9 Å². The largest absolute Gasteiger partial charge is 0.466 e. The predicted molar refractivity (Wildman–Crippen MR) is 69.4 cm³/mol. The maximum absolute atomic E-state index is 11.5. The fourth-order valence-electron chi connectivity index (χ4n) is 1.34. The molecule has 90 valence electrons. The smallest absolute Gasteiger partial charge is 0.334 e. The molecule has 0 aliphatic rings. The van der Waals surface area contributed by atoms with Gasteiger partial charge in [-0.15, -0.1) is 0 Å². The topological polar surface area (TPSA) is 43.4 Å². The minimum absolute atomic E-state index is 0.0706. The van der Waals surface area contributed by atoms with Crippen molar-refractivity contribution in [1.29, 1.82) is 0 Å². The molecule has 0 saturated carbocycles. The van der Waals surface area contributed by atoms with Crippen molar-refractivity contribution in [2.45, 2.75) is 13.3 Å². The summed E-state index contributed by atoms with van der Waals surface area (Å²) in [5, 5.41) is 0. The van der Waals surface area contributed by atoms with E-state index >= 15 is 0 Å². The third kappa shape index (κ3) is 4.53. The Hall–Kier alpha value is -1.42. The number of Topliss-reactive ketones (excluding diaryl/α,β-unsaturated/α-hetero) is 1. The molecule has 0 amide bonds. The van der Waals surface area contributed by atoms with Crippen molar-refractivity contribution >= 4 is 33.8 Å². The summed E-state index contributed by atoms with van der Waals surface area (Å²) in [6, 6.07) is 7.45. The second-order valence-electron chi connectivity index (χ2n) is 3.59. The van der Waals surface area contributed by atoms with Gasteiger partial charge in [0.25, 0.3) is 0 Å². The van der Waals surface area contributed by atoms with E-state index < -0.39 is 5.97 Å². The lowest BCUT2D eigenvalue weighted by molar-refractivity contribution is -0.136. The van der Waals surface area contributed by atoms with Crippen LogP contribution in [0.1, 0.15) is 18.9 Å². The Morgan fingerprint density at radius 2 is 1.88 bits per heavy atom. The van der Waals surface area contributed by atoms with Crippen molar-refractivity contribution in [2.75, 3.05) is 7.11 Å². The van der Waals surface area contributed by atoms with Gasteiger partial charge in [-0.2, -0.15) is 0 Å². The number of ether oxygens (including phenoxy) is 1. The van der Waals surface area contributed by atoms with Crippen molar-refractivity contribution < 1.29 is 14.3 Å². The number of benzene rings is 1. The Bertz CT molecular complexity index is 446. The Morgan fingerprint density at radius 3 is 2.35 bits per heavy atom. The second-order valence-corrected chi connectivity index (χ2v) is 4.51. The van der Waals surface area contributed by atoms with Crippen LogP contribution in [0.5, 0.6) is 0 Å². The summed E-state index contributed by atoms with van der Waals surface area (Å²) in [5.74, 6) is -0.540. The maximum atomic E-state index is 11.5. The average Bonchev–Trinajstić information content (AvgIpc) is 2.29. The lowest BCUT2D eigenvalue weighted by atomic mass is 10.1. The molecule has 0 aliphatic heterocycles. The van der Waals surface area contributed by atoms with Crippen LogP contribution in [0.4, 0.5) is 0 Å². The first-order chi connectivity index (χ1) is 8.02. The molecule has 0 fully saturated rings. The molecule has 17 heavy (non-hydrogen) atoms. The molecule has 1 rings (SSSR count). The summed E-state index contributed by atoms with van der Waals surface area (Å²) in [5.41, 5.74) is 1.22. The fourth-order valence-corrected chi connectivity index (χ4v) is 1.61. The monoisotopic (exact) mass is 296 g/mol. The molecule has 0 heterocycles. The summed E-state index contributed by atoms with van der Waals surface area (Å²) in [4.78, 5) is 22.5. The van der Waals surface area contributed by atoms with E-state index in [0.717, 1.165) is 10.0 Å². The molecule has 0 unspecified atom stereocenters. The third-order valence-corrected chi connectivity index (χ3v) is 2.63. The number of hydrogen-bond donors (Lipinski definition) is 0. The van der Waals surface area contributed by atoms with Crippen molar-refractivity contribution in [3.8, 4) is 0 Å². The molecule has 0 saturated heterocycles. The summed E-state index contributed by atoms with van der Waals surface area (Å²) in [7, 11) is 1.30. The maximum Gasteiger partial charge on any atom is 0.334 e. The van der Waals surface area contributed by atoms with Crippen LogP contribution in [0.3, 0.4) is 0 Å². The highest BCUT2D eigenvalue weighted by Crippen LogP contribution is 2.15. The minimum atomic E-state index is -0.469. The number of esters is 1. The highest BCUT2D eigenvalue weighted by molar-refractivity contribution is 9.10. The van der Waals surface area contributed by atoms with Gasteiger partial charge in [-0.3, -0.25) is 4.79 Å². The van der Waals surface area contributed by atoms with Gasteiger partial charge in [0.2, 0.25) is 0 Å². The standard InChI is InChI=1S/C13H13BrO3/c1-9(15)7-11(13(16)17-2)8-10-3-5-12(14)6-4-10/h3-6,8H,7H2,1-2H3/b11-8+. The molecule has 0 atom stereocenters. The molecule has 3 nitrogen and oxygen atoms in total. The molecule has 4 heteroatoms. The quantitative estimate of drug-likeness (QED) is 0.634. The summed E-state index contributed by atoms with van der Waals surface area (Å²) >= 11 is 3.33. The molecule has 0 aliphatic carbocycles. The van der Waals surface area contributed by atoms with Gasteiger partial charge in [0.1, 0.15) is 5.78 Å². The number of hydrogen-bond acceptors (Lipinski definition) is 3. The van der Waals surface area contributed by atoms with Crippen LogP contribution < -0.4 is 0 Å². The van der Waals surface area contributed by atoms with Crippen LogP contribution in [0.2, 0.25) is 0 Å². The lowest BCUT2D eigenvalue weighted by Crippen LogP contribution is -2.08. The number of methoxy groups -OCH3 is 1. The first-order valence-electron chi connectivity index (χ1n) is 5.07. The lowest BCUT2D eigenvalue weighted by Gasteiger charge is -2.03. The van der Waals surface area contributed by atoms with Crippen LogP contribution >= 0.6 is 15.9 Å². The molecular formula is C13H13BrO3. The molecule has 1 aromatic carbocycles. The summed E-state index contributed by atoms with van der Waals surface area (Å²) in [6.45, 7) is 1.44. The molecular weight excluding hydrogens is 284 g/mol. The van der Waals surface area contributed by atoms with Gasteiger partial charge in [0.05, 0.1) is 7.11 Å². The molecule has 0 radical (unpaired) electrons. The van der Waals surface area contributed by atoms with E-state index in [2.05, 4.69) is 20.7 Å². The highest BCUT2D eigenvalue weighted by Gasteiger charge is 2.11. The molecule has 0 aromatic heterocycles. The summed E-state index contributed by atoms with van der Waals surface area (Å²) < 4.78 is 5.60. The highest BCUT2D eigenvalue weighted by atomic mass is 79.9. The zero-order valence-corrected chi connectivity index (χ0v) is 11.3. The van der Waals surface area contributed by atoms with E-state index in [9.17, 15) is 9.59 Å². The van der Waals surface area contributed by atoms with E-state index in [1.54, 1.807) is 6.08 Å². The van der Waals surface area contributed by atoms with Crippen molar-refractivity contribution in [2.24, 2.45) is 0 Å². The number of ketones is 1. The Balaban J connectivity index is 3.00. The molecule has 0 spiro atoms. The predicted octanol–water partition coefficient (Wildman–Crippen LogP) is 2.98. The van der Waals surface area contributed by atoms with Crippen LogP contribution in [0.25, 0.3) is 6.08 Å². The van der Waals surface area contributed by atoms with Crippen molar-refractivity contribution in [3.63, 3.8) is 0 Å². The average molecular weight is 297 g/mol. The van der Waals surface area contributed by atoms with Gasteiger partial charge in [0.15, 0.2) is 0 Å². The molecule has 1 aromatic rings. The van der Waals surface area contributed by atoms with Gasteiger partial charge >= 0.3 is 5.97 Å². The number of rotatable bonds is 4. The van der Waals surface area contributed by atoms with Crippen molar-refractivity contribution in [1.82, 2.24) is 0 Å². The number of carbonyl (C=O) groups is 2. The first kappa shape index (κ1) is 13.6. The van der Waals surface area contributed by atoms with Gasteiger partial charge in [-0.1, -0.05) is 28.1 Å². The summed E-state index contributed by atoms with van der Waals surface area (Å²) in [6.07, 6.45) is 1.75. The van der Waals surface area contributed by atoms with Gasteiger partial charge < -0.3 is 4.74 Å². The second kappa shape index (κ2) is 6.35. The fraction of sp³-hybridized carbons (Fsp3) is 0.231. The Kier molecular flexibility index (Phi) is 5.10. The van der Waals surface area contributed by atoms with E-state index in [1.165, 1.54) is 14.0 Å². The Morgan fingerprint density at radius 1 is 1.29 bits per heavy atom. The normalized spacial score (nSPS) is 11.1. The molecule has 0 bridgehead atoms. The zero-order chi connectivity index (χ0) is 12.8. The van der Waals surface area contributed by atoms with Gasteiger partial charge in [-0.25, -0.2) is 4.79 Å². The number of carbonyl (C=O) groups excluding carboxylic acids is 2. The van der Waals surface area contributed by atoms with Crippen LogP contribution in [0.15, 0.2) is 34.3 Å². The van der Waals surface area contributed by atoms with Crippen LogP contribution in [-0.2, 0) is 14.3 Å². The van der Waals surface area contributed by atoms with E-state index in [0.29, 0.717) is 5.57 Å². The molecule has 0 N–H and O–H groups in total. The van der Waals surface area contributed by atoms with E-state index in [4.69, 9.17) is 0 Å². The van der Waals surface area contributed by atoms with Gasteiger partial charge in [0, 0.05) is 16.5 Å². The van der Waals surface area contributed by atoms with E-state index in [1.807, 2.05) is 24.3 Å². The Labute approximate surface area is 109 Å². The first-order valence-corrected chi connectivity index (χ1v) is 5.86. The van der Waals surface area contributed by atoms with Crippen LogP contribution in [0, 0.1) is 0 Å². The minimum Gasteiger partial charge on any atom is -0.466 e. The van der Waals surface area contributed by atoms with E-state index in [-0.39, 0.29) is 12.2 Å². The number of halogens is 1. The van der Waals surface area contributed by atoms with Crippen molar-refractivity contribution in [3.05, 3.63) is 39.9 Å². The third-order valence-electron chi connectivity index (χ3n) is 2.10. The zero-order valence-electron chi connectivity index (χ0n) is 9.70. The van der Waals surface area contributed by atoms with Gasteiger partial charge in [-0.05, 0) is 30.7 Å².